The first-order valence-electron chi connectivity index (χ1n) is 17.6. The van der Waals surface area contributed by atoms with Crippen molar-refractivity contribution < 1.29 is 15.0 Å². The normalized spacial score (nSPS) is 32.4. The number of allylic oxidation sites excluding steroid dienone is 3. The first kappa shape index (κ1) is 32.1. The summed E-state index contributed by atoms with van der Waals surface area (Å²) in [5, 5.41) is 20.6. The molecule has 0 spiro atoms. The summed E-state index contributed by atoms with van der Waals surface area (Å²) >= 11 is 0. The van der Waals surface area contributed by atoms with Gasteiger partial charge < -0.3 is 15.2 Å². The maximum absolute atomic E-state index is 14.2. The molecule has 2 aromatic rings. The number of hydrogen-bond acceptors (Lipinski definition) is 5. The van der Waals surface area contributed by atoms with Crippen molar-refractivity contribution in [2.24, 2.45) is 29.1 Å². The topological polar surface area (TPSA) is 99.1 Å². The summed E-state index contributed by atoms with van der Waals surface area (Å²) in [7, 11) is 0. The zero-order chi connectivity index (χ0) is 31.8. The lowest BCUT2D eigenvalue weighted by molar-refractivity contribution is 0.0801. The van der Waals surface area contributed by atoms with Crippen LogP contribution in [0.5, 0.6) is 0 Å². The molecule has 4 saturated carbocycles. The number of nitrogens with one attached hydrogen (secondary N) is 1. The number of pyridine rings is 1. The van der Waals surface area contributed by atoms with E-state index in [1.165, 1.54) is 37.0 Å². The smallest absolute Gasteiger partial charge is 0.167 e. The van der Waals surface area contributed by atoms with Crippen LogP contribution in [-0.4, -0.2) is 43.2 Å². The number of hydrogen-bond donors (Lipinski definition) is 3. The largest absolute Gasteiger partial charge is 0.393 e. The number of ketones is 1. The predicted molar refractivity (Wildman–Crippen MR) is 179 cm³/mol. The van der Waals surface area contributed by atoms with Crippen LogP contribution in [0.25, 0.3) is 0 Å². The van der Waals surface area contributed by atoms with Crippen molar-refractivity contribution in [2.45, 2.75) is 122 Å². The molecule has 2 heterocycles. The predicted octanol–water partition coefficient (Wildman–Crippen LogP) is 7.85. The van der Waals surface area contributed by atoms with Gasteiger partial charge in [0.15, 0.2) is 5.78 Å². The number of fused-ring (bicyclic) bond motifs is 1. The van der Waals surface area contributed by atoms with Crippen molar-refractivity contribution in [1.82, 2.24) is 15.0 Å². The summed E-state index contributed by atoms with van der Waals surface area (Å²) in [6, 6.07) is 3.74. The van der Waals surface area contributed by atoms with Crippen LogP contribution in [0, 0.1) is 29.1 Å². The van der Waals surface area contributed by atoms with E-state index in [2.05, 4.69) is 49.5 Å². The molecule has 7 atom stereocenters. The van der Waals surface area contributed by atoms with Gasteiger partial charge in [0.2, 0.25) is 0 Å². The second kappa shape index (κ2) is 13.1. The zero-order valence-electron chi connectivity index (χ0n) is 27.6. The molecule has 6 rings (SSSR count). The average molecular weight is 612 g/mol. The highest BCUT2D eigenvalue weighted by atomic mass is 16.3. The fourth-order valence-corrected chi connectivity index (χ4v) is 9.58. The number of aromatic nitrogens is 3. The maximum Gasteiger partial charge on any atom is 0.167 e. The maximum atomic E-state index is 14.2. The third kappa shape index (κ3) is 6.30. The second-order valence-electron chi connectivity index (χ2n) is 15.0. The fraction of sp³-hybridized carbons (Fsp3) is 0.615. The molecule has 2 aromatic heterocycles. The highest BCUT2D eigenvalue weighted by Gasteiger charge is 2.56. The van der Waals surface area contributed by atoms with E-state index < -0.39 is 12.2 Å². The van der Waals surface area contributed by atoms with Crippen LogP contribution in [0.15, 0.2) is 66.2 Å². The van der Waals surface area contributed by atoms with Crippen molar-refractivity contribution in [1.29, 1.82) is 0 Å². The van der Waals surface area contributed by atoms with E-state index in [0.29, 0.717) is 30.6 Å². The Morgan fingerprint density at radius 1 is 1.16 bits per heavy atom. The molecule has 0 bridgehead atoms. The van der Waals surface area contributed by atoms with Gasteiger partial charge in [-0.1, -0.05) is 51.5 Å². The number of carbonyl (C=O) groups excluding carboxylic acids is 1. The summed E-state index contributed by atoms with van der Waals surface area (Å²) in [4.78, 5) is 26.8. The van der Waals surface area contributed by atoms with Crippen LogP contribution in [0.4, 0.5) is 0 Å². The number of imidazole rings is 1. The molecule has 0 unspecified atom stereocenters. The highest BCUT2D eigenvalue weighted by molar-refractivity contribution is 5.99. The minimum Gasteiger partial charge on any atom is -0.393 e. The van der Waals surface area contributed by atoms with E-state index in [-0.39, 0.29) is 22.5 Å². The average Bonchev–Trinajstić information content (AvgIpc) is 3.53. The van der Waals surface area contributed by atoms with Crippen molar-refractivity contribution in [3.63, 3.8) is 0 Å². The Kier molecular flexibility index (Phi) is 9.36. The van der Waals surface area contributed by atoms with Crippen LogP contribution >= 0.6 is 0 Å². The van der Waals surface area contributed by atoms with Gasteiger partial charge in [-0.05, 0) is 117 Å². The Labute approximate surface area is 269 Å². The minimum absolute atomic E-state index is 0.0873. The molecule has 6 nitrogen and oxygen atoms in total. The molecule has 4 fully saturated rings. The molecule has 0 saturated heterocycles. The van der Waals surface area contributed by atoms with Crippen LogP contribution in [-0.2, 0) is 11.8 Å². The number of nitrogens with zero attached hydrogens (tertiary/aromatic N) is 2. The molecule has 4 aliphatic rings. The molecule has 45 heavy (non-hydrogen) atoms. The summed E-state index contributed by atoms with van der Waals surface area (Å²) in [5.74, 6) is 2.87. The monoisotopic (exact) mass is 611 g/mol. The number of rotatable bonds is 11. The second-order valence-corrected chi connectivity index (χ2v) is 15.0. The molecular formula is C39H53N3O3. The first-order valence-corrected chi connectivity index (χ1v) is 17.6. The van der Waals surface area contributed by atoms with Crippen LogP contribution in [0.3, 0.4) is 0 Å². The lowest BCUT2D eigenvalue weighted by Gasteiger charge is -2.44. The Morgan fingerprint density at radius 2 is 1.93 bits per heavy atom. The summed E-state index contributed by atoms with van der Waals surface area (Å²) in [5.41, 5.74) is 5.27. The number of Topliss-reactive ketones (excluding diaryl/α,β-unsaturated/α-hetero) is 1. The van der Waals surface area contributed by atoms with E-state index >= 15 is 0 Å². The molecule has 4 aliphatic carbocycles. The minimum atomic E-state index is -0.651. The lowest BCUT2D eigenvalue weighted by atomic mass is 9.60. The van der Waals surface area contributed by atoms with Crippen LogP contribution < -0.4 is 0 Å². The molecule has 0 radical (unpaired) electrons. The number of aliphatic hydroxyl groups is 2. The van der Waals surface area contributed by atoms with E-state index in [9.17, 15) is 15.0 Å². The Balaban J connectivity index is 1.19. The van der Waals surface area contributed by atoms with E-state index in [4.69, 9.17) is 4.98 Å². The molecule has 0 aromatic carbocycles. The third-order valence-electron chi connectivity index (χ3n) is 12.3. The van der Waals surface area contributed by atoms with Crippen molar-refractivity contribution in [3.05, 3.63) is 83.3 Å². The van der Waals surface area contributed by atoms with Crippen LogP contribution in [0.1, 0.15) is 120 Å². The SMILES string of the molecule is C=C1C(=CC=C2CCC[C@]3(C)[C@@H]([C@H](C)CC[C@@H](C(=O)c4ccncc4)C4(c5ncc(CCC)[nH]5)CC4)CC[C@@H]23)C[C@@H](O)C[C@@H]1O. The van der Waals surface area contributed by atoms with Gasteiger partial charge in [-0.15, -0.1) is 0 Å². The number of aromatic amines is 1. The molecule has 242 valence electrons. The molecule has 0 amide bonds. The molecule has 0 aliphatic heterocycles. The fourth-order valence-electron chi connectivity index (χ4n) is 9.58. The molecule has 3 N–H and O–H groups in total. The Hall–Kier alpha value is -2.83. The summed E-state index contributed by atoms with van der Waals surface area (Å²) < 4.78 is 0. The number of H-pyrrole nitrogens is 1. The highest BCUT2D eigenvalue weighted by Crippen LogP contribution is 2.61. The number of carbonyl (C=O) groups is 1. The van der Waals surface area contributed by atoms with E-state index in [1.54, 1.807) is 12.4 Å². The van der Waals surface area contributed by atoms with Crippen LogP contribution in [0.2, 0.25) is 0 Å². The number of aryl methyl sites for hydroxylation is 1. The van der Waals surface area contributed by atoms with Crippen molar-refractivity contribution in [3.8, 4) is 0 Å². The summed E-state index contributed by atoms with van der Waals surface area (Å²) in [6.07, 6.45) is 21.7. The number of aliphatic hydroxyl groups excluding tert-OH is 2. The van der Waals surface area contributed by atoms with Gasteiger partial charge in [0.25, 0.3) is 0 Å². The lowest BCUT2D eigenvalue weighted by Crippen LogP contribution is -2.36. The first-order chi connectivity index (χ1) is 21.7. The third-order valence-corrected chi connectivity index (χ3v) is 12.3. The van der Waals surface area contributed by atoms with Gasteiger partial charge in [-0.3, -0.25) is 9.78 Å². The van der Waals surface area contributed by atoms with Gasteiger partial charge in [0, 0.05) is 47.6 Å². The van der Waals surface area contributed by atoms with Gasteiger partial charge >= 0.3 is 0 Å². The van der Waals surface area contributed by atoms with Gasteiger partial charge in [0.1, 0.15) is 5.82 Å². The van der Waals surface area contributed by atoms with E-state index in [0.717, 1.165) is 67.5 Å². The van der Waals surface area contributed by atoms with Crippen molar-refractivity contribution in [2.75, 3.05) is 0 Å². The van der Waals surface area contributed by atoms with Gasteiger partial charge in [0.05, 0.1) is 12.2 Å². The van der Waals surface area contributed by atoms with E-state index in [1.807, 2.05) is 18.3 Å². The van der Waals surface area contributed by atoms with Crippen molar-refractivity contribution >= 4 is 5.78 Å². The Morgan fingerprint density at radius 3 is 2.67 bits per heavy atom. The molecular weight excluding hydrogens is 558 g/mol. The zero-order valence-corrected chi connectivity index (χ0v) is 27.6. The van der Waals surface area contributed by atoms with Gasteiger partial charge in [-0.25, -0.2) is 4.98 Å². The Bertz CT molecular complexity index is 1440. The summed E-state index contributed by atoms with van der Waals surface area (Å²) in [6.45, 7) is 11.3. The van der Waals surface area contributed by atoms with Gasteiger partial charge in [-0.2, -0.15) is 0 Å². The quantitative estimate of drug-likeness (QED) is 0.225. The molecule has 6 heteroatoms. The standard InChI is InChI=1S/C39H53N3O3/c1-5-7-30-24-41-37(42-30)39(18-19-39)34(36(45)28-15-20-40-21-16-28)12-9-25(2)32-13-14-33-27(8-6-17-38(32,33)4)10-11-29-22-31(43)23-35(44)26(29)3/h10-11,15-16,20-21,24-25,31-35,43-44H,3,5-9,12-14,17-19,22-23H2,1-2,4H3,(H,41,42)/t25-,31-,32-,33+,34+,35+,38-/m1/s1.